The molecule has 0 fully saturated rings. The summed E-state index contributed by atoms with van der Waals surface area (Å²) in [7, 11) is 1.95. The molecule has 0 saturated carbocycles. The van der Waals surface area contributed by atoms with Crippen molar-refractivity contribution in [1.29, 1.82) is 5.26 Å². The van der Waals surface area contributed by atoms with Gasteiger partial charge in [0.2, 0.25) is 0 Å². The number of allylic oxidation sites excluding steroid dienone is 1. The predicted octanol–water partition coefficient (Wildman–Crippen LogP) is 3.53. The van der Waals surface area contributed by atoms with Crippen molar-refractivity contribution in [2.45, 2.75) is 26.7 Å². The summed E-state index contributed by atoms with van der Waals surface area (Å²) in [5.74, 6) is 0.718. The molecule has 6 nitrogen and oxygen atoms in total. The summed E-state index contributed by atoms with van der Waals surface area (Å²) in [6.45, 7) is 3.97. The molecule has 2 heterocycles. The van der Waals surface area contributed by atoms with E-state index >= 15 is 0 Å². The Hall–Kier alpha value is -3.46. The maximum atomic E-state index is 11.5. The zero-order valence-electron chi connectivity index (χ0n) is 15.5. The van der Waals surface area contributed by atoms with E-state index in [1.165, 1.54) is 0 Å². The Morgan fingerprint density at radius 2 is 1.89 bits per heavy atom. The second-order valence-corrected chi connectivity index (χ2v) is 6.75. The third-order valence-corrected chi connectivity index (χ3v) is 5.20. The van der Waals surface area contributed by atoms with Crippen LogP contribution in [0.3, 0.4) is 0 Å². The number of hydrogen-bond donors (Lipinski definition) is 0. The molecule has 2 aromatic heterocycles. The van der Waals surface area contributed by atoms with Gasteiger partial charge in [-0.15, -0.1) is 0 Å². The third kappa shape index (κ3) is 2.68. The molecule has 1 aliphatic carbocycles. The lowest BCUT2D eigenvalue weighted by Crippen LogP contribution is -2.08. The lowest BCUT2D eigenvalue weighted by Gasteiger charge is -2.18. The van der Waals surface area contributed by atoms with Crippen molar-refractivity contribution in [2.24, 2.45) is 7.05 Å². The van der Waals surface area contributed by atoms with Crippen LogP contribution in [0, 0.1) is 25.2 Å². The van der Waals surface area contributed by atoms with E-state index in [0.29, 0.717) is 11.3 Å². The molecule has 0 bridgehead atoms. The first-order valence-electron chi connectivity index (χ1n) is 8.82. The summed E-state index contributed by atoms with van der Waals surface area (Å²) in [4.78, 5) is 16.1. The summed E-state index contributed by atoms with van der Waals surface area (Å²) < 4.78 is 3.96. The van der Waals surface area contributed by atoms with Crippen LogP contribution in [-0.4, -0.2) is 25.6 Å². The molecule has 3 aromatic rings. The van der Waals surface area contributed by atoms with Gasteiger partial charge in [0, 0.05) is 29.6 Å². The quantitative estimate of drug-likeness (QED) is 0.672. The number of rotatable bonds is 3. The van der Waals surface area contributed by atoms with Gasteiger partial charge in [-0.2, -0.15) is 10.4 Å². The van der Waals surface area contributed by atoms with Crippen LogP contribution in [0.4, 0.5) is 0 Å². The maximum absolute atomic E-state index is 11.5. The van der Waals surface area contributed by atoms with Gasteiger partial charge < -0.3 is 4.57 Å². The molecular weight excluding hydrogens is 338 g/mol. The fourth-order valence-electron chi connectivity index (χ4n) is 3.60. The number of hydrogen-bond acceptors (Lipinski definition) is 4. The van der Waals surface area contributed by atoms with Crippen molar-refractivity contribution in [3.63, 3.8) is 0 Å². The zero-order chi connectivity index (χ0) is 19.1. The molecule has 4 rings (SSSR count). The number of carbonyl (C=O) groups is 1. The Labute approximate surface area is 157 Å². The number of aromatic nitrogens is 4. The van der Waals surface area contributed by atoms with Gasteiger partial charge in [-0.25, -0.2) is 4.98 Å². The van der Waals surface area contributed by atoms with Crippen LogP contribution in [0.5, 0.6) is 0 Å². The highest BCUT2D eigenvalue weighted by Crippen LogP contribution is 2.33. The Bertz CT molecular complexity index is 1120. The Morgan fingerprint density at radius 3 is 2.56 bits per heavy atom. The lowest BCUT2D eigenvalue weighted by molar-refractivity contribution is 0.111. The van der Waals surface area contributed by atoms with Crippen molar-refractivity contribution in [2.75, 3.05) is 0 Å². The third-order valence-electron chi connectivity index (χ3n) is 5.20. The number of imidazole rings is 1. The fourth-order valence-corrected chi connectivity index (χ4v) is 3.60. The summed E-state index contributed by atoms with van der Waals surface area (Å²) in [6.07, 6.45) is 4.62. The van der Waals surface area contributed by atoms with E-state index in [-0.39, 0.29) is 0 Å². The largest absolute Gasteiger partial charge is 0.300 e. The number of aryl methyl sites for hydroxylation is 2. The van der Waals surface area contributed by atoms with Crippen molar-refractivity contribution >= 4 is 18.1 Å². The van der Waals surface area contributed by atoms with Gasteiger partial charge in [0.05, 0.1) is 23.0 Å². The first-order valence-corrected chi connectivity index (χ1v) is 8.82. The van der Waals surface area contributed by atoms with Gasteiger partial charge in [-0.1, -0.05) is 0 Å². The molecule has 1 aromatic carbocycles. The highest BCUT2D eigenvalue weighted by Gasteiger charge is 2.23. The molecule has 0 spiro atoms. The molecule has 0 saturated heterocycles. The van der Waals surface area contributed by atoms with Crippen LogP contribution in [0.15, 0.2) is 24.3 Å². The summed E-state index contributed by atoms with van der Waals surface area (Å²) in [5.41, 5.74) is 7.19. The molecule has 1 aliphatic rings. The van der Waals surface area contributed by atoms with Crippen LogP contribution in [0.25, 0.3) is 23.2 Å². The number of nitriles is 1. The van der Waals surface area contributed by atoms with E-state index in [1.54, 1.807) is 12.1 Å². The SMILES string of the molecule is Cc1c2c(nn1C)CCC(n1c(-c3ccc(C#N)cc3)nc(C=O)c1C)=C2. The lowest BCUT2D eigenvalue weighted by atomic mass is 9.99. The molecule has 27 heavy (non-hydrogen) atoms. The smallest absolute Gasteiger partial charge is 0.170 e. The number of carbonyl (C=O) groups excluding carboxylic acids is 1. The number of nitrogens with zero attached hydrogens (tertiary/aromatic N) is 5. The minimum atomic E-state index is 0.434. The number of fused-ring (bicyclic) bond motifs is 1. The molecular formula is C21H19N5O. The van der Waals surface area contributed by atoms with E-state index < -0.39 is 0 Å². The van der Waals surface area contributed by atoms with E-state index in [0.717, 1.165) is 58.9 Å². The van der Waals surface area contributed by atoms with E-state index in [1.807, 2.05) is 30.8 Å². The Kier molecular flexibility index (Phi) is 4.00. The summed E-state index contributed by atoms with van der Waals surface area (Å²) in [5, 5.41) is 13.6. The molecule has 134 valence electrons. The second-order valence-electron chi connectivity index (χ2n) is 6.75. The van der Waals surface area contributed by atoms with E-state index in [2.05, 4.69) is 33.7 Å². The fraction of sp³-hybridized carbons (Fsp3) is 0.238. The number of aldehydes is 1. The zero-order valence-corrected chi connectivity index (χ0v) is 15.5. The van der Waals surface area contributed by atoms with Crippen LogP contribution in [0.2, 0.25) is 0 Å². The number of benzene rings is 1. The van der Waals surface area contributed by atoms with Gasteiger partial charge in [0.1, 0.15) is 11.5 Å². The first kappa shape index (κ1) is 17.0. The molecule has 0 radical (unpaired) electrons. The van der Waals surface area contributed by atoms with Crippen LogP contribution in [-0.2, 0) is 13.5 Å². The average Bonchev–Trinajstić information content (AvgIpc) is 3.18. The highest BCUT2D eigenvalue weighted by molar-refractivity contribution is 5.83. The van der Waals surface area contributed by atoms with E-state index in [9.17, 15) is 4.79 Å². The summed E-state index contributed by atoms with van der Waals surface area (Å²) >= 11 is 0. The van der Waals surface area contributed by atoms with Crippen LogP contribution in [0.1, 0.15) is 45.1 Å². The standard InChI is InChI=1S/C21H19N5O/c1-13-18-10-17(8-9-19(18)24-25(13)3)26-14(2)20(12-27)23-21(26)16-6-4-15(11-22)5-7-16/h4-7,10,12H,8-9H2,1-3H3. The average molecular weight is 357 g/mol. The molecule has 0 atom stereocenters. The Morgan fingerprint density at radius 1 is 1.15 bits per heavy atom. The van der Waals surface area contributed by atoms with Gasteiger partial charge >= 0.3 is 0 Å². The monoisotopic (exact) mass is 357 g/mol. The minimum Gasteiger partial charge on any atom is -0.300 e. The van der Waals surface area contributed by atoms with Crippen molar-refractivity contribution in [3.8, 4) is 17.5 Å². The van der Waals surface area contributed by atoms with Crippen LogP contribution >= 0.6 is 0 Å². The molecule has 0 amide bonds. The van der Waals surface area contributed by atoms with Gasteiger partial charge in [-0.3, -0.25) is 9.48 Å². The molecule has 0 unspecified atom stereocenters. The Balaban J connectivity index is 1.90. The maximum Gasteiger partial charge on any atom is 0.170 e. The summed E-state index contributed by atoms with van der Waals surface area (Å²) in [6, 6.07) is 9.40. The van der Waals surface area contributed by atoms with Crippen molar-refractivity contribution in [3.05, 3.63) is 58.2 Å². The van der Waals surface area contributed by atoms with Gasteiger partial charge in [-0.05, 0) is 57.0 Å². The molecule has 0 aliphatic heterocycles. The molecule has 0 N–H and O–H groups in total. The highest BCUT2D eigenvalue weighted by atomic mass is 16.1. The second kappa shape index (κ2) is 6.36. The normalized spacial score (nSPS) is 13.0. The van der Waals surface area contributed by atoms with Crippen LogP contribution < -0.4 is 0 Å². The first-order chi connectivity index (χ1) is 13.0. The minimum absolute atomic E-state index is 0.434. The van der Waals surface area contributed by atoms with Gasteiger partial charge in [0.15, 0.2) is 6.29 Å². The van der Waals surface area contributed by atoms with Gasteiger partial charge in [0.25, 0.3) is 0 Å². The van der Waals surface area contributed by atoms with Crippen molar-refractivity contribution in [1.82, 2.24) is 19.3 Å². The predicted molar refractivity (Wildman–Crippen MR) is 103 cm³/mol. The molecule has 6 heteroatoms. The topological polar surface area (TPSA) is 76.5 Å². The van der Waals surface area contributed by atoms with E-state index in [4.69, 9.17) is 5.26 Å². The van der Waals surface area contributed by atoms with Crippen molar-refractivity contribution < 1.29 is 4.79 Å².